The van der Waals surface area contributed by atoms with E-state index in [0.29, 0.717) is 12.1 Å². The normalized spacial score (nSPS) is 14.9. The molecule has 0 saturated carbocycles. The standard InChI is InChI=1S/C15H16F9O3PS/c1-3-11(4-2,28(25,26)27)9-5-7-10(8-6-9)29-15(23,24)13(18,19)12(16,17)14(20,21)22/h5-8H,3-4H2,1-2H3,(H2,25,26,27)/p-2. The molecule has 1 rings (SSSR count). The lowest BCUT2D eigenvalue weighted by molar-refractivity contribution is -0.381. The first-order valence-electron chi connectivity index (χ1n) is 7.82. The van der Waals surface area contributed by atoms with Crippen LogP contribution in [-0.2, 0) is 9.72 Å². The fourth-order valence-electron chi connectivity index (χ4n) is 2.61. The lowest BCUT2D eigenvalue weighted by Gasteiger charge is -2.49. The van der Waals surface area contributed by atoms with Crippen LogP contribution in [0, 0.1) is 0 Å². The fraction of sp³-hybridized carbons (Fsp3) is 0.600. The van der Waals surface area contributed by atoms with Gasteiger partial charge in [-0.25, -0.2) is 0 Å². The zero-order valence-corrected chi connectivity index (χ0v) is 16.4. The van der Waals surface area contributed by atoms with Crippen LogP contribution >= 0.6 is 19.4 Å². The van der Waals surface area contributed by atoms with Crippen LogP contribution in [0.3, 0.4) is 0 Å². The maximum Gasteiger partial charge on any atom is 0.460 e. The van der Waals surface area contributed by atoms with Crippen molar-refractivity contribution in [1.82, 2.24) is 0 Å². The van der Waals surface area contributed by atoms with E-state index in [0.717, 1.165) is 12.1 Å². The molecule has 0 aliphatic carbocycles. The molecule has 0 radical (unpaired) electrons. The zero-order chi connectivity index (χ0) is 23.1. The van der Waals surface area contributed by atoms with Crippen molar-refractivity contribution in [2.75, 3.05) is 0 Å². The maximum absolute atomic E-state index is 13.7. The topological polar surface area (TPSA) is 63.2 Å². The van der Waals surface area contributed by atoms with Crippen LogP contribution < -0.4 is 9.79 Å². The molecule has 168 valence electrons. The molecule has 1 aromatic rings. The summed E-state index contributed by atoms with van der Waals surface area (Å²) in [5.74, 6) is -13.8. The van der Waals surface area contributed by atoms with Gasteiger partial charge in [-0.05, 0) is 42.3 Å². The Morgan fingerprint density at radius 2 is 1.24 bits per heavy atom. The van der Waals surface area contributed by atoms with E-state index in [-0.39, 0.29) is 18.4 Å². The van der Waals surface area contributed by atoms with Crippen LogP contribution in [0.5, 0.6) is 0 Å². The quantitative estimate of drug-likeness (QED) is 0.297. The summed E-state index contributed by atoms with van der Waals surface area (Å²) >= 11 is -1.25. The molecule has 0 atom stereocenters. The Kier molecular flexibility index (Phi) is 7.18. The van der Waals surface area contributed by atoms with Gasteiger partial charge in [0.1, 0.15) is 0 Å². The molecule has 29 heavy (non-hydrogen) atoms. The number of hydrogen-bond donors (Lipinski definition) is 0. The van der Waals surface area contributed by atoms with E-state index in [4.69, 9.17) is 0 Å². The summed E-state index contributed by atoms with van der Waals surface area (Å²) in [5, 5.41) is -7.79. The largest absolute Gasteiger partial charge is 0.810 e. The van der Waals surface area contributed by atoms with Crippen LogP contribution in [0.2, 0.25) is 0 Å². The highest BCUT2D eigenvalue weighted by atomic mass is 32.2. The molecule has 14 heteroatoms. The van der Waals surface area contributed by atoms with Crippen molar-refractivity contribution in [3.63, 3.8) is 0 Å². The number of halogens is 9. The zero-order valence-electron chi connectivity index (χ0n) is 14.7. The third-order valence-electron chi connectivity index (χ3n) is 4.45. The lowest BCUT2D eigenvalue weighted by Crippen LogP contribution is -2.59. The van der Waals surface area contributed by atoms with Crippen LogP contribution in [0.1, 0.15) is 32.3 Å². The summed E-state index contributed by atoms with van der Waals surface area (Å²) in [6.07, 6.45) is -7.33. The highest BCUT2D eigenvalue weighted by Gasteiger charge is 2.82. The average Bonchev–Trinajstić information content (AvgIpc) is 2.55. The highest BCUT2D eigenvalue weighted by molar-refractivity contribution is 8.00. The van der Waals surface area contributed by atoms with Crippen molar-refractivity contribution in [3.8, 4) is 0 Å². The molecular formula is C15H14F9O3PS-2. The second kappa shape index (κ2) is 7.97. The lowest BCUT2D eigenvalue weighted by atomic mass is 9.93. The first-order valence-corrected chi connectivity index (χ1v) is 10.2. The van der Waals surface area contributed by atoms with Gasteiger partial charge in [0.2, 0.25) is 0 Å². The molecule has 0 amide bonds. The van der Waals surface area contributed by atoms with Gasteiger partial charge in [-0.1, -0.05) is 33.6 Å². The first kappa shape index (κ1) is 26.1. The van der Waals surface area contributed by atoms with Gasteiger partial charge < -0.3 is 14.4 Å². The first-order chi connectivity index (χ1) is 12.8. The van der Waals surface area contributed by atoms with E-state index in [2.05, 4.69) is 0 Å². The maximum atomic E-state index is 13.7. The van der Waals surface area contributed by atoms with E-state index < -0.39 is 52.7 Å². The predicted octanol–water partition coefficient (Wildman–Crippen LogP) is 5.13. The Morgan fingerprint density at radius 3 is 1.55 bits per heavy atom. The summed E-state index contributed by atoms with van der Waals surface area (Å²) < 4.78 is 128. The minimum atomic E-state index is -7.01. The SMILES string of the molecule is CCC(CC)(c1ccc(SC(F)(F)C(F)(F)C(F)(F)C(F)(F)F)cc1)P(=O)([O-])[O-]. The fourth-order valence-corrected chi connectivity index (χ4v) is 4.67. The van der Waals surface area contributed by atoms with Crippen molar-refractivity contribution in [1.29, 1.82) is 0 Å². The van der Waals surface area contributed by atoms with Crippen molar-refractivity contribution < 1.29 is 53.9 Å². The van der Waals surface area contributed by atoms with Gasteiger partial charge in [0.05, 0.1) is 0 Å². The van der Waals surface area contributed by atoms with E-state index >= 15 is 0 Å². The highest BCUT2D eigenvalue weighted by Crippen LogP contribution is 2.58. The van der Waals surface area contributed by atoms with Crippen LogP contribution in [0.4, 0.5) is 39.5 Å². The average molecular weight is 476 g/mol. The summed E-state index contributed by atoms with van der Waals surface area (Å²) in [5.41, 5.74) is -0.157. The molecule has 0 fully saturated rings. The smallest absolute Gasteiger partial charge is 0.460 e. The summed E-state index contributed by atoms with van der Waals surface area (Å²) in [6, 6.07) is 2.94. The minimum Gasteiger partial charge on any atom is -0.810 e. The van der Waals surface area contributed by atoms with Crippen LogP contribution in [0.15, 0.2) is 29.2 Å². The Labute approximate surface area is 163 Å². The van der Waals surface area contributed by atoms with Crippen molar-refractivity contribution in [3.05, 3.63) is 29.8 Å². The van der Waals surface area contributed by atoms with Gasteiger partial charge >= 0.3 is 23.3 Å². The van der Waals surface area contributed by atoms with Gasteiger partial charge in [-0.3, -0.25) is 0 Å². The Bertz CT molecular complexity index is 755. The molecular weight excluding hydrogens is 462 g/mol. The Morgan fingerprint density at radius 1 is 0.828 bits per heavy atom. The molecule has 0 heterocycles. The van der Waals surface area contributed by atoms with Crippen LogP contribution in [0.25, 0.3) is 0 Å². The van der Waals surface area contributed by atoms with Crippen molar-refractivity contribution in [2.45, 2.75) is 60.0 Å². The van der Waals surface area contributed by atoms with Gasteiger partial charge in [-0.2, -0.15) is 39.5 Å². The minimum absolute atomic E-state index is 0.157. The van der Waals surface area contributed by atoms with E-state index in [9.17, 15) is 53.9 Å². The summed E-state index contributed by atoms with van der Waals surface area (Å²) in [7, 11) is -5.25. The van der Waals surface area contributed by atoms with Gasteiger partial charge in [0, 0.05) is 10.1 Å². The molecule has 0 bridgehead atoms. The van der Waals surface area contributed by atoms with Gasteiger partial charge in [-0.15, -0.1) is 0 Å². The summed E-state index contributed by atoms with van der Waals surface area (Å²) in [4.78, 5) is 22.4. The molecule has 1 aromatic carbocycles. The Balaban J connectivity index is 3.28. The third kappa shape index (κ3) is 4.42. The van der Waals surface area contributed by atoms with E-state index in [1.165, 1.54) is 13.8 Å². The van der Waals surface area contributed by atoms with Gasteiger partial charge in [0.25, 0.3) is 0 Å². The molecule has 0 spiro atoms. The number of thioether (sulfide) groups is 1. The number of hydrogen-bond acceptors (Lipinski definition) is 4. The number of alkyl halides is 9. The molecule has 0 aliphatic heterocycles. The molecule has 0 aliphatic rings. The number of rotatable bonds is 8. The second-order valence-corrected chi connectivity index (χ2v) is 9.07. The Hall–Kier alpha value is -0.910. The molecule has 3 nitrogen and oxygen atoms in total. The summed E-state index contributed by atoms with van der Waals surface area (Å²) in [6.45, 7) is 2.73. The molecule has 0 unspecified atom stereocenters. The van der Waals surface area contributed by atoms with Gasteiger partial charge in [0.15, 0.2) is 0 Å². The second-order valence-electron chi connectivity index (χ2n) is 6.03. The molecule has 0 saturated heterocycles. The van der Waals surface area contributed by atoms with E-state index in [1.54, 1.807) is 0 Å². The van der Waals surface area contributed by atoms with Crippen molar-refractivity contribution >= 4 is 19.4 Å². The molecule has 0 N–H and O–H groups in total. The molecule has 0 aromatic heterocycles. The van der Waals surface area contributed by atoms with E-state index in [1.807, 2.05) is 0 Å². The number of benzene rings is 1. The third-order valence-corrected chi connectivity index (χ3v) is 7.41. The van der Waals surface area contributed by atoms with Crippen LogP contribution in [-0.4, -0.2) is 23.3 Å². The predicted molar refractivity (Wildman–Crippen MR) is 83.1 cm³/mol. The van der Waals surface area contributed by atoms with Crippen molar-refractivity contribution in [2.24, 2.45) is 0 Å². The monoisotopic (exact) mass is 476 g/mol.